The van der Waals surface area contributed by atoms with E-state index in [1.165, 1.54) is 12.5 Å². The van der Waals surface area contributed by atoms with Crippen LogP contribution in [0.5, 0.6) is 0 Å². The molecule has 1 N–H and O–H groups in total. The van der Waals surface area contributed by atoms with Gasteiger partial charge in [0.2, 0.25) is 0 Å². The molecule has 0 spiro atoms. The van der Waals surface area contributed by atoms with E-state index < -0.39 is 0 Å². The van der Waals surface area contributed by atoms with Gasteiger partial charge in [-0.1, -0.05) is 12.1 Å². The average Bonchev–Trinajstić information content (AvgIpc) is 2.92. The largest absolute Gasteiger partial charge is 0.378 e. The van der Waals surface area contributed by atoms with Gasteiger partial charge in [0.15, 0.2) is 0 Å². The molecule has 3 rings (SSSR count). The van der Waals surface area contributed by atoms with E-state index in [-0.39, 0.29) is 5.82 Å². The summed E-state index contributed by atoms with van der Waals surface area (Å²) in [7, 11) is 0. The van der Waals surface area contributed by atoms with Gasteiger partial charge in [0, 0.05) is 19.1 Å². The van der Waals surface area contributed by atoms with E-state index in [1.54, 1.807) is 6.07 Å². The molecule has 2 nitrogen and oxygen atoms in total. The number of benzene rings is 1. The molecule has 1 aromatic carbocycles. The topological polar surface area (TPSA) is 21.3 Å². The predicted octanol–water partition coefficient (Wildman–Crippen LogP) is 2.70. The molecule has 98 valence electrons. The molecule has 3 unspecified atom stereocenters. The lowest BCUT2D eigenvalue weighted by atomic mass is 9.77. The summed E-state index contributed by atoms with van der Waals surface area (Å²) in [6.45, 7) is 2.88. The van der Waals surface area contributed by atoms with Crippen molar-refractivity contribution in [2.24, 2.45) is 5.92 Å². The van der Waals surface area contributed by atoms with Crippen LogP contribution in [0.15, 0.2) is 24.3 Å². The van der Waals surface area contributed by atoms with E-state index in [0.29, 0.717) is 17.9 Å². The normalized spacial score (nSPS) is 32.6. The first kappa shape index (κ1) is 12.1. The maximum atomic E-state index is 13.4. The van der Waals surface area contributed by atoms with Gasteiger partial charge in [0.1, 0.15) is 5.82 Å². The lowest BCUT2D eigenvalue weighted by molar-refractivity contribution is 0.0410. The van der Waals surface area contributed by atoms with Gasteiger partial charge in [-0.25, -0.2) is 4.39 Å². The Hall–Kier alpha value is -0.930. The van der Waals surface area contributed by atoms with Crippen molar-refractivity contribution in [3.05, 3.63) is 35.6 Å². The van der Waals surface area contributed by atoms with Gasteiger partial charge in [0.05, 0.1) is 6.10 Å². The zero-order valence-electron chi connectivity index (χ0n) is 10.6. The van der Waals surface area contributed by atoms with Crippen molar-refractivity contribution in [1.82, 2.24) is 5.32 Å². The number of halogens is 1. The SMILES string of the molecule is Fc1cccc(C2CNCCC2C2CCCO2)c1. The molecule has 3 atom stereocenters. The second-order valence-electron chi connectivity index (χ2n) is 5.37. The predicted molar refractivity (Wildman–Crippen MR) is 69.1 cm³/mol. The third-order valence-corrected chi connectivity index (χ3v) is 4.25. The van der Waals surface area contributed by atoms with Crippen LogP contribution in [-0.4, -0.2) is 25.8 Å². The fourth-order valence-electron chi connectivity index (χ4n) is 3.37. The summed E-state index contributed by atoms with van der Waals surface area (Å²) in [6, 6.07) is 7.05. The van der Waals surface area contributed by atoms with Crippen molar-refractivity contribution in [2.75, 3.05) is 19.7 Å². The minimum atomic E-state index is -0.135. The Morgan fingerprint density at radius 2 is 2.22 bits per heavy atom. The van der Waals surface area contributed by atoms with Crippen LogP contribution in [0.4, 0.5) is 4.39 Å². The molecule has 0 aliphatic carbocycles. The Bertz CT molecular complexity index is 403. The minimum Gasteiger partial charge on any atom is -0.378 e. The monoisotopic (exact) mass is 249 g/mol. The highest BCUT2D eigenvalue weighted by atomic mass is 19.1. The van der Waals surface area contributed by atoms with Gasteiger partial charge < -0.3 is 10.1 Å². The first-order chi connectivity index (χ1) is 8.84. The molecule has 3 heteroatoms. The number of rotatable bonds is 2. The van der Waals surface area contributed by atoms with E-state index in [0.717, 1.165) is 38.1 Å². The van der Waals surface area contributed by atoms with E-state index in [2.05, 4.69) is 5.32 Å². The molecule has 0 amide bonds. The molecule has 2 aliphatic heterocycles. The summed E-state index contributed by atoms with van der Waals surface area (Å²) >= 11 is 0. The smallest absolute Gasteiger partial charge is 0.123 e. The highest BCUT2D eigenvalue weighted by Gasteiger charge is 2.35. The number of hydrogen-bond donors (Lipinski definition) is 1. The van der Waals surface area contributed by atoms with Crippen molar-refractivity contribution < 1.29 is 9.13 Å². The van der Waals surface area contributed by atoms with Crippen molar-refractivity contribution in [3.63, 3.8) is 0 Å². The highest BCUT2D eigenvalue weighted by molar-refractivity contribution is 5.23. The maximum absolute atomic E-state index is 13.4. The van der Waals surface area contributed by atoms with Gasteiger partial charge in [-0.05, 0) is 49.4 Å². The Labute approximate surface area is 108 Å². The van der Waals surface area contributed by atoms with E-state index in [4.69, 9.17) is 4.74 Å². The van der Waals surface area contributed by atoms with Crippen LogP contribution in [0.25, 0.3) is 0 Å². The summed E-state index contributed by atoms with van der Waals surface area (Å²) < 4.78 is 19.2. The number of ether oxygens (including phenoxy) is 1. The van der Waals surface area contributed by atoms with Gasteiger partial charge >= 0.3 is 0 Å². The summed E-state index contributed by atoms with van der Waals surface area (Å²) in [6.07, 6.45) is 3.84. The average molecular weight is 249 g/mol. The first-order valence-electron chi connectivity index (χ1n) is 6.92. The van der Waals surface area contributed by atoms with Gasteiger partial charge in [0.25, 0.3) is 0 Å². The number of piperidine rings is 1. The molecule has 0 aromatic heterocycles. The lowest BCUT2D eigenvalue weighted by Crippen LogP contribution is -2.40. The van der Waals surface area contributed by atoms with Crippen molar-refractivity contribution >= 4 is 0 Å². The van der Waals surface area contributed by atoms with Crippen LogP contribution in [0.3, 0.4) is 0 Å². The second-order valence-corrected chi connectivity index (χ2v) is 5.37. The standard InChI is InChI=1S/C15H20FNO/c16-12-4-1-3-11(9-12)14-10-17-7-6-13(14)15-5-2-8-18-15/h1,3-4,9,13-15,17H,2,5-8,10H2. The Balaban J connectivity index is 1.82. The summed E-state index contributed by atoms with van der Waals surface area (Å²) in [5, 5.41) is 3.43. The van der Waals surface area contributed by atoms with Crippen LogP contribution in [-0.2, 0) is 4.74 Å². The zero-order valence-corrected chi connectivity index (χ0v) is 10.6. The van der Waals surface area contributed by atoms with E-state index in [1.807, 2.05) is 12.1 Å². The molecule has 0 bridgehead atoms. The van der Waals surface area contributed by atoms with E-state index >= 15 is 0 Å². The van der Waals surface area contributed by atoms with Crippen LogP contribution in [0.1, 0.15) is 30.7 Å². The Kier molecular flexibility index (Phi) is 3.62. The molecule has 0 radical (unpaired) electrons. The number of hydrogen-bond acceptors (Lipinski definition) is 2. The molecule has 2 saturated heterocycles. The summed E-state index contributed by atoms with van der Waals surface area (Å²) in [4.78, 5) is 0. The third kappa shape index (κ3) is 2.43. The molecule has 2 aliphatic rings. The Morgan fingerprint density at radius 1 is 1.28 bits per heavy atom. The molecule has 2 fully saturated rings. The summed E-state index contributed by atoms with van der Waals surface area (Å²) in [5.41, 5.74) is 1.11. The van der Waals surface area contributed by atoms with Crippen LogP contribution >= 0.6 is 0 Å². The van der Waals surface area contributed by atoms with Crippen LogP contribution in [0.2, 0.25) is 0 Å². The van der Waals surface area contributed by atoms with Crippen molar-refractivity contribution in [2.45, 2.75) is 31.3 Å². The molecule has 2 heterocycles. The first-order valence-corrected chi connectivity index (χ1v) is 6.92. The fraction of sp³-hybridized carbons (Fsp3) is 0.600. The van der Waals surface area contributed by atoms with Crippen LogP contribution < -0.4 is 5.32 Å². The molecule has 0 saturated carbocycles. The van der Waals surface area contributed by atoms with E-state index in [9.17, 15) is 4.39 Å². The summed E-state index contributed by atoms with van der Waals surface area (Å²) in [5.74, 6) is 0.789. The highest BCUT2D eigenvalue weighted by Crippen LogP contribution is 2.36. The van der Waals surface area contributed by atoms with Gasteiger partial charge in [-0.15, -0.1) is 0 Å². The molecular weight excluding hydrogens is 229 g/mol. The zero-order chi connectivity index (χ0) is 12.4. The van der Waals surface area contributed by atoms with Gasteiger partial charge in [-0.2, -0.15) is 0 Å². The molecule has 18 heavy (non-hydrogen) atoms. The Morgan fingerprint density at radius 3 is 3.00 bits per heavy atom. The molecular formula is C15H20FNO. The fourth-order valence-corrected chi connectivity index (χ4v) is 3.37. The molecule has 1 aromatic rings. The third-order valence-electron chi connectivity index (χ3n) is 4.25. The quantitative estimate of drug-likeness (QED) is 0.870. The van der Waals surface area contributed by atoms with Crippen LogP contribution in [0, 0.1) is 11.7 Å². The van der Waals surface area contributed by atoms with Gasteiger partial charge in [-0.3, -0.25) is 0 Å². The lowest BCUT2D eigenvalue weighted by Gasteiger charge is -2.36. The maximum Gasteiger partial charge on any atom is 0.123 e. The second kappa shape index (κ2) is 5.37. The van der Waals surface area contributed by atoms with Crippen molar-refractivity contribution in [1.29, 1.82) is 0 Å². The number of nitrogens with one attached hydrogen (secondary N) is 1. The minimum absolute atomic E-state index is 0.135. The van der Waals surface area contributed by atoms with Crippen molar-refractivity contribution in [3.8, 4) is 0 Å².